The first kappa shape index (κ1) is 23.4. The number of hydrogen-bond acceptors (Lipinski definition) is 7. The van der Waals surface area contributed by atoms with E-state index in [9.17, 15) is 9.59 Å². The molecule has 0 bridgehead atoms. The molecule has 0 aliphatic carbocycles. The van der Waals surface area contributed by atoms with Crippen molar-refractivity contribution in [1.29, 1.82) is 0 Å². The number of ether oxygens (including phenoxy) is 2. The predicted octanol–water partition coefficient (Wildman–Crippen LogP) is 3.34. The summed E-state index contributed by atoms with van der Waals surface area (Å²) >= 11 is 1.28. The van der Waals surface area contributed by atoms with Gasteiger partial charge in [-0.25, -0.2) is 9.79 Å². The van der Waals surface area contributed by atoms with E-state index in [1.165, 1.54) is 11.3 Å². The van der Waals surface area contributed by atoms with Gasteiger partial charge in [0.25, 0.3) is 5.56 Å². The fraction of sp³-hybridized carbons (Fsp3) is 0.143. The van der Waals surface area contributed by atoms with Crippen LogP contribution in [0.3, 0.4) is 0 Å². The summed E-state index contributed by atoms with van der Waals surface area (Å²) in [5.41, 5.74) is 2.88. The summed E-state index contributed by atoms with van der Waals surface area (Å²) in [5.74, 6) is 0.162. The first-order valence-electron chi connectivity index (χ1n) is 11.4. The molecule has 0 saturated carbocycles. The third-order valence-corrected chi connectivity index (χ3v) is 6.77. The predicted molar refractivity (Wildman–Crippen MR) is 138 cm³/mol. The normalized spacial score (nSPS) is 15.3. The second-order valence-corrected chi connectivity index (χ2v) is 9.00. The summed E-state index contributed by atoms with van der Waals surface area (Å²) in [6.07, 6.45) is 5.16. The van der Waals surface area contributed by atoms with Gasteiger partial charge in [-0.3, -0.25) is 14.3 Å². The average Bonchev–Trinajstić information content (AvgIpc) is 3.23. The smallest absolute Gasteiger partial charge is 0.338 e. The number of pyridine rings is 1. The van der Waals surface area contributed by atoms with Crippen LogP contribution in [0.4, 0.5) is 0 Å². The van der Waals surface area contributed by atoms with E-state index in [-0.39, 0.29) is 12.2 Å². The molecule has 3 heterocycles. The summed E-state index contributed by atoms with van der Waals surface area (Å²) in [5, 5.41) is 0. The zero-order valence-electron chi connectivity index (χ0n) is 19.8. The fourth-order valence-electron chi connectivity index (χ4n) is 4.15. The maximum atomic E-state index is 13.8. The Morgan fingerprint density at radius 2 is 1.86 bits per heavy atom. The Kier molecular flexibility index (Phi) is 6.60. The van der Waals surface area contributed by atoms with Crippen LogP contribution in [0.25, 0.3) is 11.8 Å². The Bertz CT molecular complexity index is 1610. The van der Waals surface area contributed by atoms with Crippen LogP contribution < -0.4 is 19.6 Å². The molecule has 4 aromatic rings. The maximum Gasteiger partial charge on any atom is 0.338 e. The Morgan fingerprint density at radius 1 is 1.08 bits per heavy atom. The molecular weight excluding hydrogens is 474 g/mol. The minimum atomic E-state index is -0.725. The van der Waals surface area contributed by atoms with Crippen molar-refractivity contribution in [2.75, 3.05) is 13.7 Å². The van der Waals surface area contributed by atoms with Gasteiger partial charge in [0, 0.05) is 18.0 Å². The third-order valence-electron chi connectivity index (χ3n) is 5.79. The van der Waals surface area contributed by atoms with Crippen molar-refractivity contribution in [1.82, 2.24) is 9.55 Å². The van der Waals surface area contributed by atoms with Crippen LogP contribution in [0.2, 0.25) is 0 Å². The minimum absolute atomic E-state index is 0.200. The van der Waals surface area contributed by atoms with E-state index in [2.05, 4.69) is 4.98 Å². The van der Waals surface area contributed by atoms with Crippen molar-refractivity contribution in [2.45, 2.75) is 13.0 Å². The highest BCUT2D eigenvalue weighted by molar-refractivity contribution is 7.07. The van der Waals surface area contributed by atoms with Gasteiger partial charge in [-0.2, -0.15) is 0 Å². The number of hydrogen-bond donors (Lipinski definition) is 0. The molecule has 0 unspecified atom stereocenters. The number of aromatic nitrogens is 2. The van der Waals surface area contributed by atoms with Crippen LogP contribution in [0, 0.1) is 0 Å². The van der Waals surface area contributed by atoms with Gasteiger partial charge in [0.05, 0.1) is 35.6 Å². The molecule has 5 rings (SSSR count). The molecule has 8 heteroatoms. The molecule has 0 N–H and O–H groups in total. The molecule has 36 heavy (non-hydrogen) atoms. The molecular formula is C28H23N3O4S. The molecule has 1 aliphatic heterocycles. The van der Waals surface area contributed by atoms with E-state index >= 15 is 0 Å². The summed E-state index contributed by atoms with van der Waals surface area (Å²) in [6, 6.07) is 19.8. The number of nitrogens with zero attached hydrogens (tertiary/aromatic N) is 3. The van der Waals surface area contributed by atoms with Crippen molar-refractivity contribution in [3.63, 3.8) is 0 Å². The van der Waals surface area contributed by atoms with Gasteiger partial charge in [-0.1, -0.05) is 59.9 Å². The molecule has 0 saturated heterocycles. The molecule has 1 aliphatic rings. The van der Waals surface area contributed by atoms with Gasteiger partial charge in [0.2, 0.25) is 0 Å². The summed E-state index contributed by atoms with van der Waals surface area (Å²) < 4.78 is 12.9. The lowest BCUT2D eigenvalue weighted by atomic mass is 9.93. The second kappa shape index (κ2) is 10.1. The summed E-state index contributed by atoms with van der Waals surface area (Å²) in [6.45, 7) is 1.96. The third kappa shape index (κ3) is 4.38. The lowest BCUT2D eigenvalue weighted by Crippen LogP contribution is -2.40. The maximum absolute atomic E-state index is 13.8. The van der Waals surface area contributed by atoms with Gasteiger partial charge >= 0.3 is 5.97 Å². The van der Waals surface area contributed by atoms with Gasteiger partial charge in [0.1, 0.15) is 5.75 Å². The molecule has 0 radical (unpaired) electrons. The van der Waals surface area contributed by atoms with Crippen LogP contribution in [0.15, 0.2) is 94.5 Å². The SMILES string of the molecule is CCOC(=O)C1=C(c2ccccc2)N=c2s/c(=C\c3cccnc3)c(=O)n2[C@H]1c1ccc(OC)cc1. The van der Waals surface area contributed by atoms with Crippen molar-refractivity contribution in [2.24, 2.45) is 4.99 Å². The van der Waals surface area contributed by atoms with Gasteiger partial charge in [0.15, 0.2) is 4.80 Å². The molecule has 2 aromatic heterocycles. The summed E-state index contributed by atoms with van der Waals surface area (Å²) in [4.78, 5) is 36.6. The van der Waals surface area contributed by atoms with E-state index in [1.807, 2.05) is 66.7 Å². The number of thiazole rings is 1. The topological polar surface area (TPSA) is 82.8 Å². The Hall–Kier alpha value is -4.30. The molecule has 0 spiro atoms. The Morgan fingerprint density at radius 3 is 2.53 bits per heavy atom. The van der Waals surface area contributed by atoms with Crippen LogP contribution in [-0.4, -0.2) is 29.2 Å². The number of esters is 1. The number of carbonyl (C=O) groups is 1. The standard InChI is InChI=1S/C28H23N3O4S/c1-3-35-27(33)23-24(19-9-5-4-6-10-19)30-28-31(25(23)20-11-13-21(34-2)14-12-20)26(32)22(36-28)16-18-8-7-15-29-17-18/h4-17,25H,3H2,1-2H3/b22-16-/t25-/m0/s1. The number of fused-ring (bicyclic) bond motifs is 1. The number of rotatable bonds is 6. The lowest BCUT2D eigenvalue weighted by Gasteiger charge is -2.26. The number of benzene rings is 2. The second-order valence-electron chi connectivity index (χ2n) is 7.99. The van der Waals surface area contributed by atoms with Crippen LogP contribution in [-0.2, 0) is 9.53 Å². The quantitative estimate of drug-likeness (QED) is 0.382. The van der Waals surface area contributed by atoms with Crippen LogP contribution >= 0.6 is 11.3 Å². The van der Waals surface area contributed by atoms with Crippen molar-refractivity contribution in [3.05, 3.63) is 121 Å². The number of methoxy groups -OCH3 is 1. The summed E-state index contributed by atoms with van der Waals surface area (Å²) in [7, 11) is 1.59. The van der Waals surface area contributed by atoms with Crippen molar-refractivity contribution in [3.8, 4) is 5.75 Å². The van der Waals surface area contributed by atoms with Crippen LogP contribution in [0.1, 0.15) is 29.7 Å². The van der Waals surface area contributed by atoms with Crippen molar-refractivity contribution < 1.29 is 14.3 Å². The number of carbonyl (C=O) groups excluding carboxylic acids is 1. The van der Waals surface area contributed by atoms with Gasteiger partial charge in [-0.05, 0) is 42.3 Å². The fourth-order valence-corrected chi connectivity index (χ4v) is 5.16. The zero-order chi connectivity index (χ0) is 25.1. The highest BCUT2D eigenvalue weighted by Crippen LogP contribution is 2.35. The van der Waals surface area contributed by atoms with E-state index in [1.54, 1.807) is 37.1 Å². The zero-order valence-corrected chi connectivity index (χ0v) is 20.6. The molecule has 7 nitrogen and oxygen atoms in total. The largest absolute Gasteiger partial charge is 0.497 e. The molecule has 180 valence electrons. The monoisotopic (exact) mass is 497 g/mol. The van der Waals surface area contributed by atoms with E-state index in [4.69, 9.17) is 14.5 Å². The van der Waals surface area contributed by atoms with Crippen LogP contribution in [0.5, 0.6) is 5.75 Å². The lowest BCUT2D eigenvalue weighted by molar-refractivity contribution is -0.138. The average molecular weight is 498 g/mol. The van der Waals surface area contributed by atoms with E-state index in [0.29, 0.717) is 26.4 Å². The first-order chi connectivity index (χ1) is 17.6. The molecule has 0 amide bonds. The molecule has 1 atom stereocenters. The van der Waals surface area contributed by atoms with Crippen molar-refractivity contribution >= 4 is 29.1 Å². The first-order valence-corrected chi connectivity index (χ1v) is 12.2. The highest BCUT2D eigenvalue weighted by Gasteiger charge is 2.35. The van der Waals surface area contributed by atoms with Gasteiger partial charge in [-0.15, -0.1) is 0 Å². The highest BCUT2D eigenvalue weighted by atomic mass is 32.1. The Balaban J connectivity index is 1.82. The molecule has 0 fully saturated rings. The minimum Gasteiger partial charge on any atom is -0.497 e. The Labute approximate surface area is 211 Å². The molecule has 2 aromatic carbocycles. The van der Waals surface area contributed by atoms with E-state index in [0.717, 1.165) is 16.7 Å². The van der Waals surface area contributed by atoms with E-state index < -0.39 is 12.0 Å². The van der Waals surface area contributed by atoms with Gasteiger partial charge < -0.3 is 9.47 Å².